The number of hydrogen-bond acceptors (Lipinski definition) is 5. The highest BCUT2D eigenvalue weighted by molar-refractivity contribution is 5.90. The van der Waals surface area contributed by atoms with E-state index < -0.39 is 11.7 Å². The van der Waals surface area contributed by atoms with E-state index in [9.17, 15) is 9.59 Å². The molecule has 2 aromatic carbocycles. The summed E-state index contributed by atoms with van der Waals surface area (Å²) >= 11 is 0. The molecular formula is C25H30N4O3. The van der Waals surface area contributed by atoms with Crippen molar-refractivity contribution in [3.05, 3.63) is 65.7 Å². The zero-order valence-electron chi connectivity index (χ0n) is 18.8. The van der Waals surface area contributed by atoms with Crippen LogP contribution in [-0.4, -0.2) is 48.2 Å². The first-order valence-corrected chi connectivity index (χ1v) is 10.8. The average Bonchev–Trinajstić information content (AvgIpc) is 3.14. The lowest BCUT2D eigenvalue weighted by molar-refractivity contribution is -0.116. The fourth-order valence-corrected chi connectivity index (χ4v) is 3.82. The van der Waals surface area contributed by atoms with Gasteiger partial charge in [-0.1, -0.05) is 30.3 Å². The average molecular weight is 435 g/mol. The number of benzene rings is 2. The number of anilines is 1. The Morgan fingerprint density at radius 2 is 1.78 bits per heavy atom. The van der Waals surface area contributed by atoms with Gasteiger partial charge in [0.2, 0.25) is 5.91 Å². The minimum Gasteiger partial charge on any atom is -0.444 e. The largest absolute Gasteiger partial charge is 0.444 e. The minimum absolute atomic E-state index is 0.0884. The third-order valence-corrected chi connectivity index (χ3v) is 5.28. The molecule has 32 heavy (non-hydrogen) atoms. The molecule has 0 radical (unpaired) electrons. The highest BCUT2D eigenvalue weighted by Gasteiger charge is 2.35. The molecule has 1 aliphatic heterocycles. The Labute approximate surface area is 189 Å². The van der Waals surface area contributed by atoms with Crippen molar-refractivity contribution in [2.75, 3.05) is 25.0 Å². The smallest absolute Gasteiger partial charge is 0.407 e. The number of ether oxygens (including phenoxy) is 1. The molecule has 1 aliphatic rings. The van der Waals surface area contributed by atoms with Gasteiger partial charge in [-0.15, -0.1) is 0 Å². The zero-order valence-corrected chi connectivity index (χ0v) is 18.8. The van der Waals surface area contributed by atoms with Gasteiger partial charge in [-0.25, -0.2) is 4.79 Å². The first kappa shape index (κ1) is 23.3. The van der Waals surface area contributed by atoms with Crippen molar-refractivity contribution in [2.45, 2.75) is 44.8 Å². The molecule has 2 amide bonds. The number of amides is 2. The molecule has 7 heteroatoms. The van der Waals surface area contributed by atoms with Gasteiger partial charge in [0.15, 0.2) is 0 Å². The highest BCUT2D eigenvalue weighted by atomic mass is 16.6. The summed E-state index contributed by atoms with van der Waals surface area (Å²) in [7, 11) is 0. The second-order valence-electron chi connectivity index (χ2n) is 9.02. The molecular weight excluding hydrogens is 404 g/mol. The van der Waals surface area contributed by atoms with Crippen LogP contribution in [0.2, 0.25) is 0 Å². The fourth-order valence-electron chi connectivity index (χ4n) is 3.82. The van der Waals surface area contributed by atoms with Crippen LogP contribution in [-0.2, 0) is 9.53 Å². The molecule has 0 aliphatic carbocycles. The molecule has 7 nitrogen and oxygen atoms in total. The van der Waals surface area contributed by atoms with Crippen molar-refractivity contribution in [3.63, 3.8) is 0 Å². The van der Waals surface area contributed by atoms with Crippen molar-refractivity contribution in [3.8, 4) is 6.07 Å². The van der Waals surface area contributed by atoms with E-state index in [0.29, 0.717) is 30.8 Å². The summed E-state index contributed by atoms with van der Waals surface area (Å²) in [6.07, 6.45) is -0.0930. The maximum atomic E-state index is 12.4. The van der Waals surface area contributed by atoms with Crippen LogP contribution in [0.4, 0.5) is 10.5 Å². The second-order valence-corrected chi connectivity index (χ2v) is 9.02. The van der Waals surface area contributed by atoms with Gasteiger partial charge in [0.1, 0.15) is 5.60 Å². The van der Waals surface area contributed by atoms with Crippen LogP contribution in [0, 0.1) is 11.3 Å². The van der Waals surface area contributed by atoms with Crippen molar-refractivity contribution < 1.29 is 14.3 Å². The molecule has 0 bridgehead atoms. The Morgan fingerprint density at radius 3 is 2.41 bits per heavy atom. The lowest BCUT2D eigenvalue weighted by Crippen LogP contribution is -2.42. The van der Waals surface area contributed by atoms with Gasteiger partial charge < -0.3 is 20.3 Å². The Hall–Kier alpha value is -3.37. The number of rotatable bonds is 6. The van der Waals surface area contributed by atoms with Crippen LogP contribution >= 0.6 is 0 Å². The number of nitriles is 1. The van der Waals surface area contributed by atoms with E-state index in [4.69, 9.17) is 10.00 Å². The van der Waals surface area contributed by atoms with Crippen LogP contribution in [0.3, 0.4) is 0 Å². The minimum atomic E-state index is -0.561. The molecule has 3 rings (SSSR count). The van der Waals surface area contributed by atoms with E-state index in [1.165, 1.54) is 0 Å². The predicted molar refractivity (Wildman–Crippen MR) is 123 cm³/mol. The lowest BCUT2D eigenvalue weighted by atomic mass is 9.94. The van der Waals surface area contributed by atoms with Crippen LogP contribution in [0.25, 0.3) is 0 Å². The van der Waals surface area contributed by atoms with Gasteiger partial charge in [-0.3, -0.25) is 4.79 Å². The molecule has 2 atom stereocenters. The molecule has 2 aromatic rings. The molecule has 1 heterocycles. The first-order valence-electron chi connectivity index (χ1n) is 10.8. The molecule has 1 saturated heterocycles. The van der Waals surface area contributed by atoms with Gasteiger partial charge in [-0.2, -0.15) is 5.26 Å². The number of nitrogens with zero attached hydrogens (tertiary/aromatic N) is 2. The fraction of sp³-hybridized carbons (Fsp3) is 0.400. The Balaban J connectivity index is 1.58. The summed E-state index contributed by atoms with van der Waals surface area (Å²) in [6.45, 7) is 7.49. The van der Waals surface area contributed by atoms with Crippen LogP contribution < -0.4 is 10.6 Å². The van der Waals surface area contributed by atoms with Crippen LogP contribution in [0.5, 0.6) is 0 Å². The number of hydrogen-bond donors (Lipinski definition) is 2. The Kier molecular flexibility index (Phi) is 7.49. The van der Waals surface area contributed by atoms with E-state index >= 15 is 0 Å². The monoisotopic (exact) mass is 434 g/mol. The third kappa shape index (κ3) is 6.82. The van der Waals surface area contributed by atoms with Crippen molar-refractivity contribution in [1.29, 1.82) is 5.26 Å². The van der Waals surface area contributed by atoms with E-state index in [2.05, 4.69) is 33.7 Å². The summed E-state index contributed by atoms with van der Waals surface area (Å²) in [4.78, 5) is 27.0. The quantitative estimate of drug-likeness (QED) is 0.720. The van der Waals surface area contributed by atoms with Gasteiger partial charge in [0, 0.05) is 37.7 Å². The standard InChI is InChI=1S/C25H30N4O3/c1-25(2,3)32-24(31)28-22-17-29(16-21(22)19-7-5-4-6-8-19)14-13-23(30)27-20-11-9-18(15-26)10-12-20/h4-12,21-22H,13-14,16-17H2,1-3H3,(H,27,30)(H,28,31)/t21-,22+/m0/s1. The Morgan fingerprint density at radius 1 is 1.09 bits per heavy atom. The molecule has 0 saturated carbocycles. The third-order valence-electron chi connectivity index (χ3n) is 5.28. The second kappa shape index (κ2) is 10.3. The topological polar surface area (TPSA) is 94.5 Å². The molecule has 0 unspecified atom stereocenters. The summed E-state index contributed by atoms with van der Waals surface area (Å²) in [5.41, 5.74) is 1.81. The maximum absolute atomic E-state index is 12.4. The van der Waals surface area contributed by atoms with Crippen LogP contribution in [0.1, 0.15) is 44.2 Å². The molecule has 0 aromatic heterocycles. The zero-order chi connectivity index (χ0) is 23.1. The number of likely N-dealkylation sites (tertiary alicyclic amines) is 1. The van der Waals surface area contributed by atoms with Crippen molar-refractivity contribution in [1.82, 2.24) is 10.2 Å². The van der Waals surface area contributed by atoms with Crippen molar-refractivity contribution in [2.24, 2.45) is 0 Å². The first-order chi connectivity index (χ1) is 15.2. The van der Waals surface area contributed by atoms with E-state index in [0.717, 1.165) is 12.1 Å². The summed E-state index contributed by atoms with van der Waals surface area (Å²) in [5, 5.41) is 14.8. The highest BCUT2D eigenvalue weighted by Crippen LogP contribution is 2.28. The molecule has 168 valence electrons. The normalized spacial score (nSPS) is 18.6. The SMILES string of the molecule is CC(C)(C)OC(=O)N[C@@H]1CN(CCC(=O)Nc2ccc(C#N)cc2)C[C@H]1c1ccccc1. The van der Waals surface area contributed by atoms with Crippen LogP contribution in [0.15, 0.2) is 54.6 Å². The number of carbonyl (C=O) groups excluding carboxylic acids is 2. The lowest BCUT2D eigenvalue weighted by Gasteiger charge is -2.24. The van der Waals surface area contributed by atoms with Gasteiger partial charge >= 0.3 is 6.09 Å². The Bertz CT molecular complexity index is 961. The number of nitrogens with one attached hydrogen (secondary N) is 2. The molecule has 1 fully saturated rings. The van der Waals surface area contributed by atoms with Gasteiger partial charge in [-0.05, 0) is 50.6 Å². The van der Waals surface area contributed by atoms with E-state index in [-0.39, 0.29) is 17.9 Å². The summed E-state index contributed by atoms with van der Waals surface area (Å²) in [6, 6.07) is 18.8. The maximum Gasteiger partial charge on any atom is 0.407 e. The number of carbonyl (C=O) groups is 2. The van der Waals surface area contributed by atoms with Crippen molar-refractivity contribution >= 4 is 17.7 Å². The summed E-state index contributed by atoms with van der Waals surface area (Å²) < 4.78 is 5.45. The predicted octanol–water partition coefficient (Wildman–Crippen LogP) is 3.88. The van der Waals surface area contributed by atoms with Gasteiger partial charge in [0.25, 0.3) is 0 Å². The molecule has 2 N–H and O–H groups in total. The van der Waals surface area contributed by atoms with E-state index in [1.807, 2.05) is 39.0 Å². The van der Waals surface area contributed by atoms with E-state index in [1.54, 1.807) is 24.3 Å². The summed E-state index contributed by atoms with van der Waals surface area (Å²) in [5.74, 6) is 0.0276. The number of alkyl carbamates (subject to hydrolysis) is 1. The molecule has 0 spiro atoms. The van der Waals surface area contributed by atoms with Gasteiger partial charge in [0.05, 0.1) is 17.7 Å².